The number of nitrogens with one attached hydrogen (secondary N) is 1. The van der Waals surface area contributed by atoms with E-state index >= 15 is 0 Å². The number of phosphoric acid groups is 1. The molecular weight excluding hydrogens is 768 g/mol. The Bertz CT molecular complexity index is 1160. The molecule has 3 atom stereocenters. The molecule has 0 heterocycles. The van der Waals surface area contributed by atoms with Gasteiger partial charge in [0.25, 0.3) is 0 Å². The number of carbonyl (C=O) groups is 1. The molecule has 0 radical (unpaired) electrons. The molecule has 0 aromatic rings. The fourth-order valence-electron chi connectivity index (χ4n) is 6.90. The van der Waals surface area contributed by atoms with Crippen molar-refractivity contribution in [3.8, 4) is 0 Å². The first-order valence-electron chi connectivity index (χ1n) is 24.7. The van der Waals surface area contributed by atoms with Gasteiger partial charge in [-0.05, 0) is 57.8 Å². The quantitative estimate of drug-likeness (QED) is 0.0244. The summed E-state index contributed by atoms with van der Waals surface area (Å²) in [5.41, 5.74) is 0. The van der Waals surface area contributed by atoms with Crippen molar-refractivity contribution in [1.82, 2.24) is 5.32 Å². The third-order valence-electron chi connectivity index (χ3n) is 10.8. The molecule has 350 valence electrons. The number of rotatable bonds is 44. The van der Waals surface area contributed by atoms with Crippen molar-refractivity contribution in [3.05, 3.63) is 60.8 Å². The summed E-state index contributed by atoms with van der Waals surface area (Å²) in [6.45, 7) is 4.68. The van der Waals surface area contributed by atoms with E-state index in [0.29, 0.717) is 23.9 Å². The second kappa shape index (κ2) is 42.5. The molecule has 9 heteroatoms. The maximum absolute atomic E-state index is 12.8. The van der Waals surface area contributed by atoms with Gasteiger partial charge < -0.3 is 19.8 Å². The topological polar surface area (TPSA) is 105 Å². The number of hydrogen-bond donors (Lipinski definition) is 3. The fraction of sp³-hybridized carbons (Fsp3) is 0.784. The fourth-order valence-corrected chi connectivity index (χ4v) is 7.63. The first-order chi connectivity index (χ1) is 29.0. The zero-order valence-corrected chi connectivity index (χ0v) is 40.6. The number of allylic oxidation sites excluding steroid dienone is 10. The molecule has 1 amide bonds. The van der Waals surface area contributed by atoms with Gasteiger partial charge in [0.2, 0.25) is 5.91 Å². The van der Waals surface area contributed by atoms with E-state index in [1.165, 1.54) is 96.3 Å². The molecule has 60 heavy (non-hydrogen) atoms. The molecule has 3 unspecified atom stereocenters. The summed E-state index contributed by atoms with van der Waals surface area (Å²) in [7, 11) is 1.61. The summed E-state index contributed by atoms with van der Waals surface area (Å²) in [4.78, 5) is 23.0. The van der Waals surface area contributed by atoms with Crippen molar-refractivity contribution in [2.75, 3.05) is 40.9 Å². The van der Waals surface area contributed by atoms with E-state index in [-0.39, 0.29) is 19.1 Å². The van der Waals surface area contributed by atoms with E-state index < -0.39 is 20.0 Å². The van der Waals surface area contributed by atoms with Crippen LogP contribution in [0, 0.1) is 0 Å². The number of carbonyl (C=O) groups excluding carboxylic acids is 1. The standard InChI is InChI=1S/C51H95N2O6P/c1-6-8-10-12-13-14-15-16-17-18-19-20-21-22-23-24-25-26-27-28-29-30-31-32-33-34-35-36-37-38-39-41-43-45-51(55)52-49(50(54)44-42-40-11-9-7-2)48-59-60(56,57)58-47-46-53(3,4)5/h8,10,13-14,16-17,19-20,22-23,49-50,54H,6-7,9,11-12,15,18,21,24-48H2,1-5H3,(H-,52,55,56,57)/p+1/b10-8-,14-13-,17-16-,20-19-,23-22-. The molecule has 0 fully saturated rings. The lowest BCUT2D eigenvalue weighted by Gasteiger charge is -2.26. The van der Waals surface area contributed by atoms with Crippen LogP contribution in [0.25, 0.3) is 0 Å². The van der Waals surface area contributed by atoms with Crippen LogP contribution in [0.4, 0.5) is 0 Å². The Kier molecular flexibility index (Phi) is 41.2. The highest BCUT2D eigenvalue weighted by atomic mass is 31.2. The molecule has 0 bridgehead atoms. The highest BCUT2D eigenvalue weighted by Crippen LogP contribution is 2.43. The normalized spacial score (nSPS) is 14.7. The number of nitrogens with zero attached hydrogens (tertiary/aromatic N) is 1. The summed E-state index contributed by atoms with van der Waals surface area (Å²) in [5, 5.41) is 13.8. The molecule has 0 aromatic heterocycles. The van der Waals surface area contributed by atoms with E-state index in [0.717, 1.165) is 83.5 Å². The average molecular weight is 864 g/mol. The van der Waals surface area contributed by atoms with Crippen LogP contribution >= 0.6 is 7.82 Å². The van der Waals surface area contributed by atoms with Crippen molar-refractivity contribution >= 4 is 13.7 Å². The van der Waals surface area contributed by atoms with E-state index in [9.17, 15) is 19.4 Å². The van der Waals surface area contributed by atoms with Gasteiger partial charge in [0.15, 0.2) is 0 Å². The number of hydrogen-bond acceptors (Lipinski definition) is 5. The predicted octanol–water partition coefficient (Wildman–Crippen LogP) is 14.2. The predicted molar refractivity (Wildman–Crippen MR) is 258 cm³/mol. The minimum atomic E-state index is -4.30. The van der Waals surface area contributed by atoms with Crippen molar-refractivity contribution in [3.63, 3.8) is 0 Å². The molecule has 3 N–H and O–H groups in total. The number of quaternary nitrogens is 1. The zero-order valence-electron chi connectivity index (χ0n) is 39.7. The summed E-state index contributed by atoms with van der Waals surface area (Å²) in [6, 6.07) is -0.757. The molecule has 0 saturated carbocycles. The van der Waals surface area contributed by atoms with Crippen LogP contribution in [0.5, 0.6) is 0 Å². The molecular formula is C51H96N2O6P+. The highest BCUT2D eigenvalue weighted by molar-refractivity contribution is 7.47. The SMILES string of the molecule is CC/C=C\C/C=C\C/C=C\C/C=C\C/C=C\CCCCCCCCCCCCCCCCCCCC(=O)NC(COP(=O)(O)OCC[N+](C)(C)C)C(O)CCCCCCC. The summed E-state index contributed by atoms with van der Waals surface area (Å²) >= 11 is 0. The summed E-state index contributed by atoms with van der Waals surface area (Å²) in [6.07, 6.45) is 56.1. The zero-order chi connectivity index (χ0) is 44.3. The van der Waals surface area contributed by atoms with E-state index in [4.69, 9.17) is 9.05 Å². The number of likely N-dealkylation sites (N-methyl/N-ethyl adjacent to an activating group) is 1. The van der Waals surface area contributed by atoms with Crippen molar-refractivity contribution in [2.45, 2.75) is 219 Å². The smallest absolute Gasteiger partial charge is 0.391 e. The minimum absolute atomic E-state index is 0.0730. The number of aliphatic hydroxyl groups is 1. The van der Waals surface area contributed by atoms with Crippen LogP contribution in [0.3, 0.4) is 0 Å². The summed E-state index contributed by atoms with van der Waals surface area (Å²) < 4.78 is 23.4. The Labute approximate surface area is 371 Å². The molecule has 0 spiro atoms. The monoisotopic (exact) mass is 864 g/mol. The number of aliphatic hydroxyl groups excluding tert-OH is 1. The van der Waals surface area contributed by atoms with Gasteiger partial charge in [-0.25, -0.2) is 4.57 Å². The first kappa shape index (κ1) is 58.2. The first-order valence-corrected chi connectivity index (χ1v) is 26.1. The molecule has 0 aliphatic rings. The van der Waals surface area contributed by atoms with Crippen molar-refractivity contribution in [1.29, 1.82) is 0 Å². The van der Waals surface area contributed by atoms with Gasteiger partial charge in [-0.3, -0.25) is 13.8 Å². The van der Waals surface area contributed by atoms with Crippen LogP contribution in [0.1, 0.15) is 206 Å². The van der Waals surface area contributed by atoms with Gasteiger partial charge in [-0.15, -0.1) is 0 Å². The van der Waals surface area contributed by atoms with E-state index in [1.807, 2.05) is 21.1 Å². The van der Waals surface area contributed by atoms with Gasteiger partial charge in [0, 0.05) is 6.42 Å². The van der Waals surface area contributed by atoms with Crippen LogP contribution in [-0.2, 0) is 18.4 Å². The van der Waals surface area contributed by atoms with Crippen molar-refractivity contribution in [2.24, 2.45) is 0 Å². The number of amides is 1. The lowest BCUT2D eigenvalue weighted by atomic mass is 10.0. The van der Waals surface area contributed by atoms with Crippen LogP contribution < -0.4 is 5.32 Å². The van der Waals surface area contributed by atoms with E-state index in [1.54, 1.807) is 0 Å². The second-order valence-corrected chi connectivity index (χ2v) is 19.3. The van der Waals surface area contributed by atoms with Crippen LogP contribution in [-0.4, -0.2) is 73.4 Å². The maximum atomic E-state index is 12.8. The van der Waals surface area contributed by atoms with Gasteiger partial charge in [0.05, 0.1) is 39.9 Å². The molecule has 0 aromatic carbocycles. The minimum Gasteiger partial charge on any atom is -0.391 e. The number of unbranched alkanes of at least 4 members (excludes halogenated alkanes) is 21. The largest absolute Gasteiger partial charge is 0.472 e. The second-order valence-electron chi connectivity index (χ2n) is 17.8. The summed E-state index contributed by atoms with van der Waals surface area (Å²) in [5.74, 6) is -0.152. The number of phosphoric ester groups is 1. The van der Waals surface area contributed by atoms with Crippen LogP contribution in [0.15, 0.2) is 60.8 Å². The average Bonchev–Trinajstić information content (AvgIpc) is 3.20. The molecule has 0 aliphatic carbocycles. The van der Waals surface area contributed by atoms with Crippen LogP contribution in [0.2, 0.25) is 0 Å². The third kappa shape index (κ3) is 44.3. The van der Waals surface area contributed by atoms with E-state index in [2.05, 4.69) is 79.9 Å². The third-order valence-corrected chi connectivity index (χ3v) is 11.8. The lowest BCUT2D eigenvalue weighted by molar-refractivity contribution is -0.870. The van der Waals surface area contributed by atoms with Gasteiger partial charge in [-0.2, -0.15) is 0 Å². The Morgan fingerprint density at radius 3 is 1.47 bits per heavy atom. The van der Waals surface area contributed by atoms with Crippen molar-refractivity contribution < 1.29 is 32.9 Å². The van der Waals surface area contributed by atoms with Gasteiger partial charge in [-0.1, -0.05) is 203 Å². The molecule has 0 rings (SSSR count). The van der Waals surface area contributed by atoms with Gasteiger partial charge >= 0.3 is 7.82 Å². The Morgan fingerprint density at radius 1 is 0.583 bits per heavy atom. The molecule has 0 aliphatic heterocycles. The van der Waals surface area contributed by atoms with Gasteiger partial charge in [0.1, 0.15) is 13.2 Å². The molecule has 0 saturated heterocycles. The Morgan fingerprint density at radius 2 is 1.00 bits per heavy atom. The lowest BCUT2D eigenvalue weighted by Crippen LogP contribution is -2.46. The maximum Gasteiger partial charge on any atom is 0.472 e. The highest BCUT2D eigenvalue weighted by Gasteiger charge is 2.28. The Balaban J connectivity index is 3.84. The molecule has 8 nitrogen and oxygen atoms in total. The Hall–Kier alpha value is -1.80.